The molecule has 16 heavy (non-hydrogen) atoms. The molecule has 1 aromatic heterocycles. The first-order valence-corrected chi connectivity index (χ1v) is 4.14. The Balaban J connectivity index is 3.26. The molecule has 1 atom stereocenters. The molecule has 0 saturated carbocycles. The van der Waals surface area contributed by atoms with Crippen molar-refractivity contribution < 1.29 is 28.2 Å². The lowest BCUT2D eigenvalue weighted by molar-refractivity contribution is -0.207. The highest BCUT2D eigenvalue weighted by molar-refractivity contribution is 5.77. The molecule has 0 spiro atoms. The quantitative estimate of drug-likeness (QED) is 0.824. The Morgan fingerprint density at radius 3 is 2.44 bits per heavy atom. The molecule has 0 bridgehead atoms. The van der Waals surface area contributed by atoms with Gasteiger partial charge in [-0.05, 0) is 13.0 Å². The largest absolute Gasteiger partial charge is 0.477 e. The van der Waals surface area contributed by atoms with Crippen LogP contribution in [0.25, 0.3) is 0 Å². The van der Waals surface area contributed by atoms with Crippen LogP contribution in [0, 0.1) is 5.82 Å². The van der Waals surface area contributed by atoms with Gasteiger partial charge < -0.3 is 10.2 Å². The van der Waals surface area contributed by atoms with Gasteiger partial charge in [0.15, 0.2) is 5.60 Å². The summed E-state index contributed by atoms with van der Waals surface area (Å²) in [7, 11) is 0. The predicted molar refractivity (Wildman–Crippen MR) is 46.3 cm³/mol. The highest BCUT2D eigenvalue weighted by Gasteiger charge is 2.57. The lowest BCUT2D eigenvalue weighted by Crippen LogP contribution is -2.48. The van der Waals surface area contributed by atoms with E-state index in [1.54, 1.807) is 0 Å². The van der Waals surface area contributed by atoms with Crippen molar-refractivity contribution in [2.75, 3.05) is 0 Å². The van der Waals surface area contributed by atoms with Gasteiger partial charge in [0.2, 0.25) is 0 Å². The first kappa shape index (κ1) is 12.4. The molecule has 4 nitrogen and oxygen atoms in total. The number of alkyl halides is 2. The third-order valence-corrected chi connectivity index (χ3v) is 2.15. The molecule has 0 aliphatic heterocycles. The number of carbonyl (C=O) groups is 1. The highest BCUT2D eigenvalue weighted by atomic mass is 19.3. The summed E-state index contributed by atoms with van der Waals surface area (Å²) < 4.78 is 39.0. The van der Waals surface area contributed by atoms with Crippen LogP contribution in [-0.2, 0) is 10.4 Å². The van der Waals surface area contributed by atoms with Gasteiger partial charge in [-0.15, -0.1) is 0 Å². The molecular weight excluding hydrogens is 227 g/mol. The molecule has 0 fully saturated rings. The molecule has 1 heterocycles. The number of hydrogen-bond donors (Lipinski definition) is 2. The summed E-state index contributed by atoms with van der Waals surface area (Å²) in [5, 5.41) is 17.8. The van der Waals surface area contributed by atoms with E-state index in [1.165, 1.54) is 0 Å². The SMILES string of the molecule is CC(O)(c1cncc(F)c1)C(F)(F)C(=O)O. The molecule has 2 N–H and O–H groups in total. The molecule has 7 heteroatoms. The van der Waals surface area contributed by atoms with Crippen LogP contribution >= 0.6 is 0 Å². The van der Waals surface area contributed by atoms with Crippen LogP contribution in [0.4, 0.5) is 13.2 Å². The molecule has 0 aliphatic carbocycles. The molecule has 1 rings (SSSR count). The van der Waals surface area contributed by atoms with Crippen LogP contribution in [0.3, 0.4) is 0 Å². The minimum absolute atomic E-state index is 0.581. The first-order chi connectivity index (χ1) is 7.19. The molecule has 88 valence electrons. The summed E-state index contributed by atoms with van der Waals surface area (Å²) in [4.78, 5) is 13.6. The van der Waals surface area contributed by atoms with Gasteiger partial charge >= 0.3 is 11.9 Å². The molecule has 1 unspecified atom stereocenters. The number of nitrogens with zero attached hydrogens (tertiary/aromatic N) is 1. The van der Waals surface area contributed by atoms with E-state index in [1.807, 2.05) is 0 Å². The molecule has 1 aromatic rings. The van der Waals surface area contributed by atoms with Crippen LogP contribution in [0.1, 0.15) is 12.5 Å². The third-order valence-electron chi connectivity index (χ3n) is 2.15. The van der Waals surface area contributed by atoms with Gasteiger partial charge in [-0.25, -0.2) is 9.18 Å². The van der Waals surface area contributed by atoms with E-state index in [4.69, 9.17) is 5.11 Å². The van der Waals surface area contributed by atoms with Crippen molar-refractivity contribution >= 4 is 5.97 Å². The van der Waals surface area contributed by atoms with Crippen molar-refractivity contribution in [2.24, 2.45) is 0 Å². The number of halogens is 3. The Bertz CT molecular complexity index is 420. The Morgan fingerprint density at radius 2 is 2.00 bits per heavy atom. The van der Waals surface area contributed by atoms with E-state index in [-0.39, 0.29) is 0 Å². The maximum Gasteiger partial charge on any atom is 0.378 e. The van der Waals surface area contributed by atoms with Crippen molar-refractivity contribution in [3.63, 3.8) is 0 Å². The zero-order chi connectivity index (χ0) is 12.6. The van der Waals surface area contributed by atoms with Crippen LogP contribution in [0.15, 0.2) is 18.5 Å². The number of carboxylic acids is 1. The van der Waals surface area contributed by atoms with E-state index < -0.39 is 28.9 Å². The average Bonchev–Trinajstić information content (AvgIpc) is 2.17. The van der Waals surface area contributed by atoms with E-state index in [0.29, 0.717) is 13.0 Å². The predicted octanol–water partition coefficient (Wildman–Crippen LogP) is 1.15. The Hall–Kier alpha value is -1.63. The van der Waals surface area contributed by atoms with Crippen molar-refractivity contribution in [2.45, 2.75) is 18.4 Å². The van der Waals surface area contributed by atoms with Gasteiger partial charge in [-0.3, -0.25) is 4.98 Å². The average molecular weight is 235 g/mol. The summed E-state index contributed by atoms with van der Waals surface area (Å²) >= 11 is 0. The van der Waals surface area contributed by atoms with E-state index >= 15 is 0 Å². The van der Waals surface area contributed by atoms with Gasteiger partial charge in [0, 0.05) is 11.8 Å². The molecule has 0 aliphatic rings. The number of pyridine rings is 1. The van der Waals surface area contributed by atoms with Crippen molar-refractivity contribution in [1.82, 2.24) is 4.98 Å². The summed E-state index contributed by atoms with van der Waals surface area (Å²) in [6.07, 6.45) is 1.53. The molecule has 0 saturated heterocycles. The standard InChI is InChI=1S/C9H8F3NO3/c1-8(16,9(11,12)7(14)15)5-2-6(10)4-13-3-5/h2-4,16H,1H3,(H,14,15). The van der Waals surface area contributed by atoms with Crippen molar-refractivity contribution in [3.05, 3.63) is 29.8 Å². The number of carboxylic acid groups (broad SMARTS) is 1. The molecular formula is C9H8F3NO3. The number of aliphatic carboxylic acids is 1. The fraction of sp³-hybridized carbons (Fsp3) is 0.333. The lowest BCUT2D eigenvalue weighted by atomic mass is 9.90. The molecule has 0 aromatic carbocycles. The van der Waals surface area contributed by atoms with Gasteiger partial charge in [-0.2, -0.15) is 8.78 Å². The van der Waals surface area contributed by atoms with Crippen LogP contribution < -0.4 is 0 Å². The zero-order valence-corrected chi connectivity index (χ0v) is 8.12. The Labute approximate surface area is 88.4 Å². The summed E-state index contributed by atoms with van der Waals surface area (Å²) in [5.41, 5.74) is -3.64. The van der Waals surface area contributed by atoms with E-state index in [2.05, 4.69) is 4.98 Å². The fourth-order valence-electron chi connectivity index (χ4n) is 1.07. The topological polar surface area (TPSA) is 70.4 Å². The zero-order valence-electron chi connectivity index (χ0n) is 8.12. The monoisotopic (exact) mass is 235 g/mol. The second kappa shape index (κ2) is 3.75. The van der Waals surface area contributed by atoms with Crippen molar-refractivity contribution in [3.8, 4) is 0 Å². The number of rotatable bonds is 3. The number of aromatic nitrogens is 1. The Kier molecular flexibility index (Phi) is 2.91. The normalized spacial score (nSPS) is 15.6. The van der Waals surface area contributed by atoms with Gasteiger partial charge in [0.1, 0.15) is 5.82 Å². The lowest BCUT2D eigenvalue weighted by Gasteiger charge is -2.29. The fourth-order valence-corrected chi connectivity index (χ4v) is 1.07. The first-order valence-electron chi connectivity index (χ1n) is 4.14. The minimum Gasteiger partial charge on any atom is -0.477 e. The van der Waals surface area contributed by atoms with Crippen LogP contribution in [-0.4, -0.2) is 27.1 Å². The highest BCUT2D eigenvalue weighted by Crippen LogP contribution is 2.37. The van der Waals surface area contributed by atoms with E-state index in [0.717, 1.165) is 12.4 Å². The number of hydrogen-bond acceptors (Lipinski definition) is 3. The van der Waals surface area contributed by atoms with Crippen LogP contribution in [0.5, 0.6) is 0 Å². The maximum atomic E-state index is 13.1. The molecule has 0 radical (unpaired) electrons. The van der Waals surface area contributed by atoms with Gasteiger partial charge in [0.05, 0.1) is 6.20 Å². The second-order valence-corrected chi connectivity index (χ2v) is 3.34. The molecule has 0 amide bonds. The van der Waals surface area contributed by atoms with Crippen molar-refractivity contribution in [1.29, 1.82) is 0 Å². The summed E-state index contributed by atoms with van der Waals surface area (Å²) in [5.74, 6) is -7.89. The van der Waals surface area contributed by atoms with E-state index in [9.17, 15) is 23.1 Å². The summed E-state index contributed by atoms with van der Waals surface area (Å²) in [6.45, 7) is 0.581. The third kappa shape index (κ3) is 1.85. The summed E-state index contributed by atoms with van der Waals surface area (Å²) in [6, 6.07) is 0.601. The minimum atomic E-state index is -4.44. The van der Waals surface area contributed by atoms with Crippen LogP contribution in [0.2, 0.25) is 0 Å². The van der Waals surface area contributed by atoms with Gasteiger partial charge in [0.25, 0.3) is 0 Å². The second-order valence-electron chi connectivity index (χ2n) is 3.34. The smallest absolute Gasteiger partial charge is 0.378 e. The number of aliphatic hydroxyl groups is 1. The maximum absolute atomic E-state index is 13.1. The van der Waals surface area contributed by atoms with Gasteiger partial charge in [-0.1, -0.05) is 0 Å². The Morgan fingerprint density at radius 1 is 1.44 bits per heavy atom.